The average Bonchev–Trinajstić information content (AvgIpc) is 2.55. The van der Waals surface area contributed by atoms with Crippen LogP contribution in [-0.4, -0.2) is 15.6 Å². The molecule has 0 saturated heterocycles. The fourth-order valence-corrected chi connectivity index (χ4v) is 2.33. The average molecular weight is 192 g/mol. The molecule has 76 valence electrons. The van der Waals surface area contributed by atoms with Crippen molar-refractivity contribution < 1.29 is 4.79 Å². The number of carbonyl (C=O) groups excluding carboxylic acids is 1. The first-order valence-electron chi connectivity index (χ1n) is 5.00. The lowest BCUT2D eigenvalue weighted by Crippen LogP contribution is -2.09. The second-order valence-corrected chi connectivity index (χ2v) is 4.94. The molecular formula is C11H16N2O. The van der Waals surface area contributed by atoms with E-state index < -0.39 is 0 Å². The van der Waals surface area contributed by atoms with Gasteiger partial charge in [-0.25, -0.2) is 0 Å². The van der Waals surface area contributed by atoms with Gasteiger partial charge in [0.15, 0.2) is 0 Å². The number of aromatic nitrogens is 2. The van der Waals surface area contributed by atoms with E-state index in [2.05, 4.69) is 18.9 Å². The lowest BCUT2D eigenvalue weighted by molar-refractivity contribution is -0.119. The van der Waals surface area contributed by atoms with Crippen molar-refractivity contribution in [2.75, 3.05) is 0 Å². The van der Waals surface area contributed by atoms with Gasteiger partial charge in [0.25, 0.3) is 0 Å². The number of aryl methyl sites for hydroxylation is 1. The summed E-state index contributed by atoms with van der Waals surface area (Å²) in [6.45, 7) is 4.31. The van der Waals surface area contributed by atoms with Crippen LogP contribution in [-0.2, 0) is 11.8 Å². The molecule has 3 nitrogen and oxygen atoms in total. The molecule has 0 unspecified atom stereocenters. The van der Waals surface area contributed by atoms with Crippen LogP contribution < -0.4 is 0 Å². The van der Waals surface area contributed by atoms with Crippen molar-refractivity contribution in [3.63, 3.8) is 0 Å². The number of hydrogen-bond donors (Lipinski definition) is 0. The normalized spacial score (nSPS) is 25.6. The van der Waals surface area contributed by atoms with E-state index in [-0.39, 0.29) is 11.3 Å². The first kappa shape index (κ1) is 9.44. The summed E-state index contributed by atoms with van der Waals surface area (Å²) >= 11 is 0. The van der Waals surface area contributed by atoms with Gasteiger partial charge in [0.1, 0.15) is 5.78 Å². The van der Waals surface area contributed by atoms with Crippen LogP contribution in [0.5, 0.6) is 0 Å². The molecule has 0 aromatic carbocycles. The van der Waals surface area contributed by atoms with Crippen molar-refractivity contribution in [2.45, 2.75) is 32.6 Å². The van der Waals surface area contributed by atoms with Crippen LogP contribution in [0, 0.1) is 5.41 Å². The summed E-state index contributed by atoms with van der Waals surface area (Å²) in [5, 5.41) is 4.11. The van der Waals surface area contributed by atoms with Gasteiger partial charge in [0.2, 0.25) is 0 Å². The van der Waals surface area contributed by atoms with Gasteiger partial charge < -0.3 is 0 Å². The van der Waals surface area contributed by atoms with Crippen molar-refractivity contribution in [2.24, 2.45) is 12.5 Å². The Morgan fingerprint density at radius 2 is 2.29 bits per heavy atom. The minimum Gasteiger partial charge on any atom is -0.299 e. The number of Topliss-reactive ketones (excluding diaryl/α,β-unsaturated/α-hetero) is 1. The number of hydrogen-bond acceptors (Lipinski definition) is 2. The molecule has 2 rings (SSSR count). The fraction of sp³-hybridized carbons (Fsp3) is 0.636. The van der Waals surface area contributed by atoms with Gasteiger partial charge in [-0.1, -0.05) is 13.8 Å². The molecule has 0 aliphatic heterocycles. The summed E-state index contributed by atoms with van der Waals surface area (Å²) in [6.07, 6.45) is 3.40. The Hall–Kier alpha value is -1.12. The summed E-state index contributed by atoms with van der Waals surface area (Å²) in [6, 6.07) is 1.95. The van der Waals surface area contributed by atoms with Gasteiger partial charge in [-0.3, -0.25) is 9.48 Å². The van der Waals surface area contributed by atoms with E-state index in [9.17, 15) is 4.79 Å². The van der Waals surface area contributed by atoms with Crippen molar-refractivity contribution in [3.05, 3.63) is 18.0 Å². The molecule has 1 heterocycles. The molecule has 1 aliphatic carbocycles. The Morgan fingerprint density at radius 3 is 2.71 bits per heavy atom. The Labute approximate surface area is 84.1 Å². The van der Waals surface area contributed by atoms with Crippen molar-refractivity contribution >= 4 is 5.78 Å². The third-order valence-electron chi connectivity index (χ3n) is 3.01. The van der Waals surface area contributed by atoms with Gasteiger partial charge in [-0.05, 0) is 17.9 Å². The molecule has 1 saturated carbocycles. The first-order valence-corrected chi connectivity index (χ1v) is 5.00. The van der Waals surface area contributed by atoms with Gasteiger partial charge >= 0.3 is 0 Å². The third-order valence-corrected chi connectivity index (χ3v) is 3.01. The molecule has 1 atom stereocenters. The zero-order valence-electron chi connectivity index (χ0n) is 8.95. The van der Waals surface area contributed by atoms with Crippen LogP contribution in [0.15, 0.2) is 12.3 Å². The second-order valence-electron chi connectivity index (χ2n) is 4.94. The Morgan fingerprint density at radius 1 is 1.57 bits per heavy atom. The van der Waals surface area contributed by atoms with Crippen LogP contribution in [0.2, 0.25) is 0 Å². The third kappa shape index (κ3) is 1.47. The smallest absolute Gasteiger partial charge is 0.142 e. The molecule has 0 radical (unpaired) electrons. The van der Waals surface area contributed by atoms with Crippen molar-refractivity contribution in [3.8, 4) is 0 Å². The number of nitrogens with zero attached hydrogens (tertiary/aromatic N) is 2. The Bertz CT molecular complexity index is 365. The standard InChI is InChI=1S/C11H16N2O/c1-11(2)6-8(10(14)7-11)9-4-5-12-13(9)3/h4-5,8H,6-7H2,1-3H3/t8-/m1/s1. The second kappa shape index (κ2) is 2.94. The lowest BCUT2D eigenvalue weighted by Gasteiger charge is -2.15. The maximum absolute atomic E-state index is 11.8. The van der Waals surface area contributed by atoms with Crippen molar-refractivity contribution in [1.29, 1.82) is 0 Å². The minimum atomic E-state index is 0.0671. The molecule has 0 amide bonds. The highest BCUT2D eigenvalue weighted by atomic mass is 16.1. The zero-order valence-corrected chi connectivity index (χ0v) is 8.95. The van der Waals surface area contributed by atoms with Gasteiger partial charge in [0, 0.05) is 25.4 Å². The molecule has 3 heteroatoms. The van der Waals surface area contributed by atoms with Crippen LogP contribution in [0.1, 0.15) is 38.3 Å². The van der Waals surface area contributed by atoms with E-state index in [0.29, 0.717) is 12.2 Å². The largest absolute Gasteiger partial charge is 0.299 e. The summed E-state index contributed by atoms with van der Waals surface area (Å²) in [5.41, 5.74) is 1.21. The predicted molar refractivity (Wildman–Crippen MR) is 54.0 cm³/mol. The Kier molecular flexibility index (Phi) is 1.98. The molecule has 14 heavy (non-hydrogen) atoms. The highest BCUT2D eigenvalue weighted by Crippen LogP contribution is 2.43. The van der Waals surface area contributed by atoms with Crippen LogP contribution in [0.4, 0.5) is 0 Å². The quantitative estimate of drug-likeness (QED) is 0.681. The summed E-state index contributed by atoms with van der Waals surface area (Å²) < 4.78 is 1.81. The molecule has 1 aliphatic rings. The molecule has 0 N–H and O–H groups in total. The first-order chi connectivity index (χ1) is 6.49. The predicted octanol–water partition coefficient (Wildman–Crippen LogP) is 1.89. The monoisotopic (exact) mass is 192 g/mol. The van der Waals surface area contributed by atoms with E-state index in [1.54, 1.807) is 6.20 Å². The Balaban J connectivity index is 2.30. The topological polar surface area (TPSA) is 34.9 Å². The van der Waals surface area contributed by atoms with E-state index >= 15 is 0 Å². The van der Waals surface area contributed by atoms with E-state index in [4.69, 9.17) is 0 Å². The zero-order chi connectivity index (χ0) is 10.3. The van der Waals surface area contributed by atoms with E-state index in [1.807, 2.05) is 17.8 Å². The van der Waals surface area contributed by atoms with Crippen LogP contribution in [0.3, 0.4) is 0 Å². The van der Waals surface area contributed by atoms with Gasteiger partial charge in [-0.2, -0.15) is 5.10 Å². The van der Waals surface area contributed by atoms with Crippen LogP contribution >= 0.6 is 0 Å². The number of ketones is 1. The van der Waals surface area contributed by atoms with Crippen molar-refractivity contribution in [1.82, 2.24) is 9.78 Å². The molecule has 1 fully saturated rings. The lowest BCUT2D eigenvalue weighted by atomic mass is 9.90. The van der Waals surface area contributed by atoms with Gasteiger partial charge in [0.05, 0.1) is 5.92 Å². The summed E-state index contributed by atoms with van der Waals surface area (Å²) in [7, 11) is 1.90. The summed E-state index contributed by atoms with van der Waals surface area (Å²) in [5.74, 6) is 0.427. The number of rotatable bonds is 1. The summed E-state index contributed by atoms with van der Waals surface area (Å²) in [4.78, 5) is 11.8. The molecule has 1 aromatic rings. The molecule has 0 bridgehead atoms. The highest BCUT2D eigenvalue weighted by Gasteiger charge is 2.39. The fourth-order valence-electron chi connectivity index (χ4n) is 2.33. The van der Waals surface area contributed by atoms with E-state index in [0.717, 1.165) is 12.1 Å². The molecular weight excluding hydrogens is 176 g/mol. The van der Waals surface area contributed by atoms with Gasteiger partial charge in [-0.15, -0.1) is 0 Å². The number of carbonyl (C=O) groups is 1. The van der Waals surface area contributed by atoms with E-state index in [1.165, 1.54) is 0 Å². The minimum absolute atomic E-state index is 0.0671. The molecule has 1 aromatic heterocycles. The van der Waals surface area contributed by atoms with Crippen LogP contribution in [0.25, 0.3) is 0 Å². The maximum Gasteiger partial charge on any atom is 0.142 e. The highest BCUT2D eigenvalue weighted by molar-refractivity contribution is 5.88. The maximum atomic E-state index is 11.8. The SMILES string of the molecule is Cn1nccc1[C@H]1CC(C)(C)CC1=O. The molecule has 0 spiro atoms.